The molecule has 0 radical (unpaired) electrons. The van der Waals surface area contributed by atoms with Gasteiger partial charge in [-0.15, -0.1) is 0 Å². The van der Waals surface area contributed by atoms with Gasteiger partial charge < -0.3 is 20.4 Å². The average Bonchev–Trinajstić information content (AvgIpc) is 2.85. The maximum Gasteiger partial charge on any atom is 0.167 e. The molecule has 6 heteroatoms. The van der Waals surface area contributed by atoms with Crippen LogP contribution in [0.5, 0.6) is 11.5 Å². The Morgan fingerprint density at radius 2 is 1.77 bits per heavy atom. The maximum absolute atomic E-state index is 14.7. The van der Waals surface area contributed by atoms with E-state index in [1.54, 1.807) is 43.3 Å². The summed E-state index contributed by atoms with van der Waals surface area (Å²) in [5.74, 6) is -1.22. The van der Waals surface area contributed by atoms with Crippen molar-refractivity contribution in [3.63, 3.8) is 0 Å². The van der Waals surface area contributed by atoms with Crippen LogP contribution in [0.1, 0.15) is 45.3 Å². The van der Waals surface area contributed by atoms with Gasteiger partial charge in [0.15, 0.2) is 5.78 Å². The topological polar surface area (TPSA) is 72.8 Å². The number of carbonyl (C=O) groups excluding carboxylic acids is 1. The predicted molar refractivity (Wildman–Crippen MR) is 136 cm³/mol. The van der Waals surface area contributed by atoms with Crippen LogP contribution in [0.2, 0.25) is 0 Å². The number of Topliss-reactive ketones (excluding diaryl/α,β-unsaturated/α-hetero) is 1. The molecule has 0 aliphatic carbocycles. The molecule has 3 aromatic carbocycles. The van der Waals surface area contributed by atoms with Crippen molar-refractivity contribution in [2.45, 2.75) is 25.2 Å². The number of halogens is 1. The SMILES string of the molecule is CNCCCN1C[C@H](C(=O)c2cccc(O)c2)[C@H](c2cccc(F)c2C)[C@@H](c2ccccc2O)C1. The molecule has 35 heavy (non-hydrogen) atoms. The van der Waals surface area contributed by atoms with E-state index in [9.17, 15) is 19.4 Å². The van der Waals surface area contributed by atoms with Gasteiger partial charge in [0.05, 0.1) is 0 Å². The zero-order valence-electron chi connectivity index (χ0n) is 20.2. The highest BCUT2D eigenvalue weighted by molar-refractivity contribution is 5.99. The third-order valence-corrected chi connectivity index (χ3v) is 7.15. The summed E-state index contributed by atoms with van der Waals surface area (Å²) in [5, 5.41) is 24.0. The Morgan fingerprint density at radius 1 is 1.03 bits per heavy atom. The van der Waals surface area contributed by atoms with E-state index in [4.69, 9.17) is 0 Å². The second-order valence-corrected chi connectivity index (χ2v) is 9.38. The molecule has 1 saturated heterocycles. The molecular formula is C29H33FN2O3. The van der Waals surface area contributed by atoms with Crippen LogP contribution >= 0.6 is 0 Å². The summed E-state index contributed by atoms with van der Waals surface area (Å²) < 4.78 is 14.7. The van der Waals surface area contributed by atoms with E-state index < -0.39 is 5.92 Å². The highest BCUT2D eigenvalue weighted by Gasteiger charge is 2.43. The Balaban J connectivity index is 1.85. The molecule has 0 unspecified atom stereocenters. The Labute approximate surface area is 206 Å². The van der Waals surface area contributed by atoms with Gasteiger partial charge in [-0.2, -0.15) is 0 Å². The van der Waals surface area contributed by atoms with Crippen LogP contribution in [0.4, 0.5) is 4.39 Å². The number of piperidine rings is 1. The van der Waals surface area contributed by atoms with Crippen LogP contribution in [0.3, 0.4) is 0 Å². The van der Waals surface area contributed by atoms with Crippen molar-refractivity contribution in [2.24, 2.45) is 5.92 Å². The van der Waals surface area contributed by atoms with Crippen molar-refractivity contribution in [3.05, 3.63) is 94.8 Å². The first-order valence-corrected chi connectivity index (χ1v) is 12.1. The molecule has 1 heterocycles. The van der Waals surface area contributed by atoms with Crippen LogP contribution in [-0.4, -0.2) is 54.1 Å². The molecule has 0 aromatic heterocycles. The number of hydrogen-bond donors (Lipinski definition) is 3. The van der Waals surface area contributed by atoms with Gasteiger partial charge in [-0.3, -0.25) is 4.79 Å². The molecule has 0 bridgehead atoms. The Bertz CT molecular complexity index is 1180. The lowest BCUT2D eigenvalue weighted by Crippen LogP contribution is -2.47. The number of benzene rings is 3. The number of ketones is 1. The molecule has 1 fully saturated rings. The fourth-order valence-electron chi connectivity index (χ4n) is 5.43. The lowest BCUT2D eigenvalue weighted by atomic mass is 9.67. The van der Waals surface area contributed by atoms with Crippen molar-refractivity contribution in [3.8, 4) is 11.5 Å². The van der Waals surface area contributed by atoms with Crippen LogP contribution in [0, 0.1) is 18.7 Å². The Morgan fingerprint density at radius 3 is 2.51 bits per heavy atom. The number of carbonyl (C=O) groups is 1. The standard InChI is InChI=1S/C29H33FN2O3/c1-19-22(11-6-12-26(19)30)28-24(23-10-3-4-13-27(23)34)17-32(15-7-14-31-2)18-25(28)29(35)20-8-5-9-21(33)16-20/h3-6,8-13,16,24-25,28,31,33-34H,7,14-15,17-18H2,1-2H3/t24-,25+,28-/m1/s1. The van der Waals surface area contributed by atoms with Crippen LogP contribution in [-0.2, 0) is 0 Å². The van der Waals surface area contributed by atoms with Gasteiger partial charge in [-0.05, 0) is 74.4 Å². The fourth-order valence-corrected chi connectivity index (χ4v) is 5.43. The summed E-state index contributed by atoms with van der Waals surface area (Å²) in [4.78, 5) is 16.2. The molecule has 184 valence electrons. The number of rotatable bonds is 8. The highest BCUT2D eigenvalue weighted by atomic mass is 19.1. The summed E-state index contributed by atoms with van der Waals surface area (Å²) in [7, 11) is 1.91. The number of phenols is 2. The quantitative estimate of drug-likeness (QED) is 0.321. The number of nitrogens with one attached hydrogen (secondary N) is 1. The first kappa shape index (κ1) is 24.9. The second kappa shape index (κ2) is 11.0. The Hall–Kier alpha value is -3.22. The molecule has 1 aliphatic rings. The number of hydrogen-bond acceptors (Lipinski definition) is 5. The Kier molecular flexibility index (Phi) is 7.83. The van der Waals surface area contributed by atoms with Crippen molar-refractivity contribution in [1.29, 1.82) is 0 Å². The number of para-hydroxylation sites is 1. The van der Waals surface area contributed by atoms with Gasteiger partial charge in [0, 0.05) is 36.4 Å². The third kappa shape index (κ3) is 5.39. The number of likely N-dealkylation sites (tertiary alicyclic amines) is 1. The van der Waals surface area contributed by atoms with Gasteiger partial charge in [-0.25, -0.2) is 4.39 Å². The molecule has 3 N–H and O–H groups in total. The normalized spacial score (nSPS) is 20.6. The molecule has 3 atom stereocenters. The van der Waals surface area contributed by atoms with Crippen LogP contribution < -0.4 is 5.32 Å². The summed E-state index contributed by atoms with van der Waals surface area (Å²) in [6, 6.07) is 18.7. The molecular weight excluding hydrogens is 443 g/mol. The number of nitrogens with zero attached hydrogens (tertiary/aromatic N) is 1. The largest absolute Gasteiger partial charge is 0.508 e. The van der Waals surface area contributed by atoms with Crippen molar-refractivity contribution in [2.75, 3.05) is 33.2 Å². The first-order chi connectivity index (χ1) is 16.9. The molecule has 0 saturated carbocycles. The number of aromatic hydroxyl groups is 2. The van der Waals surface area contributed by atoms with E-state index in [0.29, 0.717) is 24.2 Å². The van der Waals surface area contributed by atoms with Gasteiger partial charge in [0.1, 0.15) is 17.3 Å². The monoisotopic (exact) mass is 476 g/mol. The summed E-state index contributed by atoms with van der Waals surface area (Å²) >= 11 is 0. The summed E-state index contributed by atoms with van der Waals surface area (Å²) in [6.07, 6.45) is 0.917. The number of phenolic OH excluding ortho intramolecular Hbond substituents is 2. The van der Waals surface area contributed by atoms with Crippen molar-refractivity contribution < 1.29 is 19.4 Å². The zero-order valence-corrected chi connectivity index (χ0v) is 20.2. The third-order valence-electron chi connectivity index (χ3n) is 7.15. The maximum atomic E-state index is 14.7. The summed E-state index contributed by atoms with van der Waals surface area (Å²) in [5.41, 5.74) is 2.50. The van der Waals surface area contributed by atoms with E-state index in [1.165, 1.54) is 12.1 Å². The van der Waals surface area contributed by atoms with E-state index >= 15 is 0 Å². The molecule has 5 nitrogen and oxygen atoms in total. The predicted octanol–water partition coefficient (Wildman–Crippen LogP) is 4.84. The molecule has 0 spiro atoms. The van der Waals surface area contributed by atoms with E-state index in [1.807, 2.05) is 25.2 Å². The van der Waals surface area contributed by atoms with Gasteiger partial charge >= 0.3 is 0 Å². The van der Waals surface area contributed by atoms with Gasteiger partial charge in [0.2, 0.25) is 0 Å². The van der Waals surface area contributed by atoms with E-state index in [-0.39, 0.29) is 34.9 Å². The van der Waals surface area contributed by atoms with Gasteiger partial charge in [-0.1, -0.05) is 42.5 Å². The molecule has 4 rings (SSSR count). The lowest BCUT2D eigenvalue weighted by molar-refractivity contribution is 0.0735. The van der Waals surface area contributed by atoms with E-state index in [2.05, 4.69) is 10.2 Å². The second-order valence-electron chi connectivity index (χ2n) is 9.38. The van der Waals surface area contributed by atoms with Crippen LogP contribution in [0.25, 0.3) is 0 Å². The van der Waals surface area contributed by atoms with Crippen molar-refractivity contribution in [1.82, 2.24) is 10.2 Å². The minimum Gasteiger partial charge on any atom is -0.508 e. The molecule has 0 amide bonds. The van der Waals surface area contributed by atoms with E-state index in [0.717, 1.165) is 30.6 Å². The molecule has 1 aliphatic heterocycles. The minimum absolute atomic E-state index is 0.0354. The van der Waals surface area contributed by atoms with Gasteiger partial charge in [0.25, 0.3) is 0 Å². The zero-order chi connectivity index (χ0) is 24.9. The first-order valence-electron chi connectivity index (χ1n) is 12.1. The minimum atomic E-state index is -0.481. The summed E-state index contributed by atoms with van der Waals surface area (Å²) in [6.45, 7) is 4.56. The smallest absolute Gasteiger partial charge is 0.167 e. The highest BCUT2D eigenvalue weighted by Crippen LogP contribution is 2.47. The average molecular weight is 477 g/mol. The molecule has 3 aromatic rings. The van der Waals surface area contributed by atoms with Crippen LogP contribution in [0.15, 0.2) is 66.7 Å². The lowest BCUT2D eigenvalue weighted by Gasteiger charge is -2.44. The van der Waals surface area contributed by atoms with Crippen molar-refractivity contribution >= 4 is 5.78 Å². The fraction of sp³-hybridized carbons (Fsp3) is 0.345.